The first-order valence-electron chi connectivity index (χ1n) is 11.4. The minimum absolute atomic E-state index is 0.0707. The van der Waals surface area contributed by atoms with Gasteiger partial charge in [-0.2, -0.15) is 5.10 Å². The smallest absolute Gasteiger partial charge is 0.184 e. The van der Waals surface area contributed by atoms with Crippen LogP contribution < -0.4 is 25.9 Å². The van der Waals surface area contributed by atoms with Crippen LogP contribution in [0, 0.1) is 5.82 Å². The number of hydrogen-bond acceptors (Lipinski definition) is 6. The second kappa shape index (κ2) is 10.8. The zero-order valence-electron chi connectivity index (χ0n) is 19.5. The van der Waals surface area contributed by atoms with Crippen molar-refractivity contribution in [3.8, 4) is 0 Å². The molecule has 2 aromatic carbocycles. The number of hydrogen-bond donors (Lipinski definition) is 2. The number of rotatable bonds is 6. The third kappa shape index (κ3) is 5.71. The van der Waals surface area contributed by atoms with Crippen molar-refractivity contribution in [2.45, 2.75) is 12.5 Å². The predicted molar refractivity (Wildman–Crippen MR) is 144 cm³/mol. The highest BCUT2D eigenvalue weighted by atomic mass is 35.5. The van der Waals surface area contributed by atoms with Gasteiger partial charge in [0.25, 0.3) is 0 Å². The van der Waals surface area contributed by atoms with Crippen LogP contribution in [-0.4, -0.2) is 75.6 Å². The highest BCUT2D eigenvalue weighted by molar-refractivity contribution is 7.80. The molecule has 2 aliphatic rings. The lowest BCUT2D eigenvalue weighted by Crippen LogP contribution is -2.47. The van der Waals surface area contributed by atoms with Gasteiger partial charge in [0, 0.05) is 67.3 Å². The number of benzene rings is 2. The molecule has 182 valence electrons. The minimum Gasteiger partial charge on any atom is -0.375 e. The van der Waals surface area contributed by atoms with Gasteiger partial charge in [-0.05, 0) is 63.1 Å². The van der Waals surface area contributed by atoms with Gasteiger partial charge in [0.15, 0.2) is 5.11 Å². The first kappa shape index (κ1) is 24.5. The molecule has 34 heavy (non-hydrogen) atoms. The van der Waals surface area contributed by atoms with Crippen molar-refractivity contribution in [1.82, 2.24) is 10.3 Å². The predicted octanol–water partition coefficient (Wildman–Crippen LogP) is 3.11. The number of thiocarbonyl (C=S) groups is 1. The summed E-state index contributed by atoms with van der Waals surface area (Å²) in [6.45, 7) is 4.81. The van der Waals surface area contributed by atoms with E-state index in [2.05, 4.69) is 50.3 Å². The molecule has 1 unspecified atom stereocenters. The zero-order chi connectivity index (χ0) is 24.2. The van der Waals surface area contributed by atoms with Crippen LogP contribution in [0.1, 0.15) is 12.0 Å². The van der Waals surface area contributed by atoms with Crippen molar-refractivity contribution < 1.29 is 4.39 Å². The normalized spacial score (nSPS) is 18.9. The van der Waals surface area contributed by atoms with Crippen molar-refractivity contribution in [2.75, 3.05) is 68.1 Å². The summed E-state index contributed by atoms with van der Waals surface area (Å²) in [7, 11) is 4.19. The molecular formula is C24H31ClFN7S. The van der Waals surface area contributed by atoms with Crippen molar-refractivity contribution in [1.29, 1.82) is 0 Å². The largest absolute Gasteiger partial charge is 0.375 e. The number of nitrogens with one attached hydrogen (secondary N) is 1. The van der Waals surface area contributed by atoms with Gasteiger partial charge in [-0.3, -0.25) is 5.43 Å². The highest BCUT2D eigenvalue weighted by Crippen LogP contribution is 2.33. The molecule has 2 fully saturated rings. The van der Waals surface area contributed by atoms with Crippen molar-refractivity contribution in [2.24, 2.45) is 10.8 Å². The summed E-state index contributed by atoms with van der Waals surface area (Å²) in [5.41, 5.74) is 11.4. The third-order valence-corrected chi connectivity index (χ3v) is 6.83. The van der Waals surface area contributed by atoms with E-state index >= 15 is 4.39 Å². The van der Waals surface area contributed by atoms with Gasteiger partial charge in [0.2, 0.25) is 0 Å². The molecule has 0 aliphatic carbocycles. The average Bonchev–Trinajstić information content (AvgIpc) is 3.30. The molecule has 2 aliphatic heterocycles. The van der Waals surface area contributed by atoms with Crippen LogP contribution in [0.2, 0.25) is 5.02 Å². The molecular weight excluding hydrogens is 473 g/mol. The summed E-state index contributed by atoms with van der Waals surface area (Å²) in [6, 6.07) is 11.8. The SMILES string of the molecule is CN(C)C1CCN(c2cc(N3CCN(c4cccc(Cl)c4)CC3)c(F)cc2/C=N/NC(N)=S)C1. The molecule has 2 saturated heterocycles. The zero-order valence-corrected chi connectivity index (χ0v) is 21.1. The summed E-state index contributed by atoms with van der Waals surface area (Å²) in [5, 5.41) is 4.88. The molecule has 0 saturated carbocycles. The second-order valence-corrected chi connectivity index (χ2v) is 9.78. The van der Waals surface area contributed by atoms with Gasteiger partial charge in [-0.1, -0.05) is 17.7 Å². The van der Waals surface area contributed by atoms with Gasteiger partial charge in [-0.25, -0.2) is 4.39 Å². The Morgan fingerprint density at radius 3 is 2.50 bits per heavy atom. The van der Waals surface area contributed by atoms with E-state index in [0.717, 1.165) is 62.1 Å². The Balaban J connectivity index is 1.57. The maximum absolute atomic E-state index is 15.3. The third-order valence-electron chi connectivity index (χ3n) is 6.50. The number of nitrogens with zero attached hydrogens (tertiary/aromatic N) is 5. The van der Waals surface area contributed by atoms with Crippen LogP contribution >= 0.6 is 23.8 Å². The number of likely N-dealkylation sites (N-methyl/N-ethyl adjacent to an activating group) is 1. The maximum atomic E-state index is 15.3. The van der Waals surface area contributed by atoms with Crippen LogP contribution in [0.5, 0.6) is 0 Å². The summed E-state index contributed by atoms with van der Waals surface area (Å²) in [6.07, 6.45) is 2.64. The Labute approximate surface area is 210 Å². The van der Waals surface area contributed by atoms with E-state index in [1.54, 1.807) is 12.3 Å². The topological polar surface area (TPSA) is 63.4 Å². The molecule has 0 amide bonds. The number of nitrogens with two attached hydrogens (primary N) is 1. The van der Waals surface area contributed by atoms with Crippen molar-refractivity contribution in [3.05, 3.63) is 52.8 Å². The molecule has 0 bridgehead atoms. The van der Waals surface area contributed by atoms with Crippen LogP contribution in [-0.2, 0) is 0 Å². The Kier molecular flexibility index (Phi) is 7.75. The second-order valence-electron chi connectivity index (χ2n) is 8.90. The van der Waals surface area contributed by atoms with Gasteiger partial charge in [-0.15, -0.1) is 0 Å². The van der Waals surface area contributed by atoms with E-state index in [4.69, 9.17) is 29.6 Å². The fourth-order valence-corrected chi connectivity index (χ4v) is 4.85. The number of piperazine rings is 1. The average molecular weight is 504 g/mol. The fraction of sp³-hybridized carbons (Fsp3) is 0.417. The lowest BCUT2D eigenvalue weighted by Gasteiger charge is -2.38. The van der Waals surface area contributed by atoms with Crippen molar-refractivity contribution in [3.63, 3.8) is 0 Å². The number of hydrazone groups is 1. The molecule has 0 spiro atoms. The Bertz CT molecular complexity index is 1060. The Morgan fingerprint density at radius 1 is 1.12 bits per heavy atom. The fourth-order valence-electron chi connectivity index (χ4n) is 4.61. The van der Waals surface area contributed by atoms with E-state index in [1.807, 2.05) is 24.3 Å². The quantitative estimate of drug-likeness (QED) is 0.357. The van der Waals surface area contributed by atoms with Crippen LogP contribution in [0.4, 0.5) is 21.5 Å². The van der Waals surface area contributed by atoms with E-state index in [1.165, 1.54) is 0 Å². The molecule has 1 atom stereocenters. The van der Waals surface area contributed by atoms with Gasteiger partial charge in [0.05, 0.1) is 11.9 Å². The number of halogens is 2. The van der Waals surface area contributed by atoms with Gasteiger partial charge in [0.1, 0.15) is 5.82 Å². The first-order valence-corrected chi connectivity index (χ1v) is 12.2. The molecule has 7 nitrogen and oxygen atoms in total. The summed E-state index contributed by atoms with van der Waals surface area (Å²) < 4.78 is 15.3. The molecule has 2 aromatic rings. The molecule has 2 heterocycles. The summed E-state index contributed by atoms with van der Waals surface area (Å²) in [5.74, 6) is -0.264. The first-order chi connectivity index (χ1) is 16.3. The molecule has 0 aromatic heterocycles. The van der Waals surface area contributed by atoms with E-state index < -0.39 is 0 Å². The van der Waals surface area contributed by atoms with Gasteiger partial charge >= 0.3 is 0 Å². The Hall–Kier alpha value is -2.62. The standard InChI is InChI=1S/C24H31ClFN7S/c1-30(2)20-6-7-33(16-20)22-14-23(21(26)12-17(22)15-28-29-24(27)34)32-10-8-31(9-11-32)19-5-3-4-18(25)13-19/h3-5,12-15,20H,6-11,16H2,1-2H3,(H3,27,29,34)/b28-15+. The molecule has 4 rings (SSSR count). The van der Waals surface area contributed by atoms with E-state index in [0.29, 0.717) is 17.3 Å². The molecule has 3 N–H and O–H groups in total. The van der Waals surface area contributed by atoms with Gasteiger partial charge < -0.3 is 25.3 Å². The van der Waals surface area contributed by atoms with Crippen LogP contribution in [0.25, 0.3) is 0 Å². The summed E-state index contributed by atoms with van der Waals surface area (Å²) >= 11 is 11.0. The van der Waals surface area contributed by atoms with E-state index in [9.17, 15) is 0 Å². The molecule has 10 heteroatoms. The lowest BCUT2D eigenvalue weighted by molar-refractivity contribution is 0.315. The highest BCUT2D eigenvalue weighted by Gasteiger charge is 2.28. The monoisotopic (exact) mass is 503 g/mol. The summed E-state index contributed by atoms with van der Waals surface area (Å²) in [4.78, 5) is 8.94. The van der Waals surface area contributed by atoms with Crippen LogP contribution in [0.15, 0.2) is 41.5 Å². The molecule has 0 radical (unpaired) electrons. The number of anilines is 3. The van der Waals surface area contributed by atoms with Crippen LogP contribution in [0.3, 0.4) is 0 Å². The van der Waals surface area contributed by atoms with E-state index in [-0.39, 0.29) is 10.9 Å². The maximum Gasteiger partial charge on any atom is 0.184 e. The minimum atomic E-state index is -0.264. The van der Waals surface area contributed by atoms with Crippen molar-refractivity contribution >= 4 is 52.2 Å². The Morgan fingerprint density at radius 2 is 1.85 bits per heavy atom. The lowest BCUT2D eigenvalue weighted by atomic mass is 10.1.